The molecule has 9 heteroatoms. The summed E-state index contributed by atoms with van der Waals surface area (Å²) in [6.07, 6.45) is 0.811. The third kappa shape index (κ3) is 5.36. The number of hydrogen-bond acceptors (Lipinski definition) is 5. The van der Waals surface area contributed by atoms with Crippen LogP contribution in [0, 0.1) is 0 Å². The lowest BCUT2D eigenvalue weighted by molar-refractivity contribution is -0.117. The number of H-pyrrole nitrogens is 1. The van der Waals surface area contributed by atoms with Crippen LogP contribution in [0.5, 0.6) is 0 Å². The van der Waals surface area contributed by atoms with Crippen LogP contribution in [0.15, 0.2) is 33.9 Å². The molecule has 2 rings (SSSR count). The van der Waals surface area contributed by atoms with Crippen molar-refractivity contribution in [3.63, 3.8) is 0 Å². The van der Waals surface area contributed by atoms with E-state index in [0.717, 1.165) is 28.2 Å². The molecule has 0 radical (unpaired) electrons. The van der Waals surface area contributed by atoms with E-state index < -0.39 is 11.9 Å². The van der Waals surface area contributed by atoms with Gasteiger partial charge in [-0.3, -0.25) is 15.2 Å². The third-order valence-corrected chi connectivity index (χ3v) is 4.25. The Hall–Kier alpha value is -1.87. The van der Waals surface area contributed by atoms with Crippen molar-refractivity contribution in [3.05, 3.63) is 28.7 Å². The van der Waals surface area contributed by atoms with Crippen LogP contribution in [0.2, 0.25) is 0 Å². The van der Waals surface area contributed by atoms with E-state index in [4.69, 9.17) is 0 Å². The highest BCUT2D eigenvalue weighted by Gasteiger charge is 2.12. The van der Waals surface area contributed by atoms with Crippen molar-refractivity contribution < 1.29 is 9.59 Å². The van der Waals surface area contributed by atoms with Crippen LogP contribution >= 0.6 is 27.7 Å². The van der Waals surface area contributed by atoms with E-state index in [1.807, 2.05) is 31.2 Å². The summed E-state index contributed by atoms with van der Waals surface area (Å²) in [5.74, 6) is 0.282. The van der Waals surface area contributed by atoms with Gasteiger partial charge in [0.1, 0.15) is 0 Å². The van der Waals surface area contributed by atoms with Crippen LogP contribution in [0.1, 0.15) is 13.3 Å². The molecule has 0 saturated heterocycles. The molecule has 0 aliphatic heterocycles. The maximum atomic E-state index is 11.7. The molecule has 0 spiro atoms. The van der Waals surface area contributed by atoms with Gasteiger partial charge in [-0.15, -0.1) is 5.10 Å². The van der Waals surface area contributed by atoms with Gasteiger partial charge >= 0.3 is 6.03 Å². The van der Waals surface area contributed by atoms with E-state index in [0.29, 0.717) is 17.5 Å². The second-order valence-electron chi connectivity index (χ2n) is 4.54. The van der Waals surface area contributed by atoms with E-state index in [1.54, 1.807) is 0 Å². The van der Waals surface area contributed by atoms with Gasteiger partial charge in [0.15, 0.2) is 5.82 Å². The average molecular weight is 398 g/mol. The van der Waals surface area contributed by atoms with Gasteiger partial charge in [-0.1, -0.05) is 52.8 Å². The number of benzene rings is 1. The minimum absolute atomic E-state index is 0.0623. The number of aromatic amines is 1. The lowest BCUT2D eigenvalue weighted by atomic mass is 10.2. The smallest absolute Gasteiger partial charge is 0.321 e. The zero-order valence-electron chi connectivity index (χ0n) is 12.4. The van der Waals surface area contributed by atoms with Gasteiger partial charge in [0.2, 0.25) is 11.1 Å². The molecule has 0 bridgehead atoms. The zero-order valence-corrected chi connectivity index (χ0v) is 14.8. The molecule has 3 N–H and O–H groups in total. The number of amides is 3. The lowest BCUT2D eigenvalue weighted by Gasteiger charge is -2.04. The predicted octanol–water partition coefficient (Wildman–Crippen LogP) is 2.56. The zero-order chi connectivity index (χ0) is 16.7. The van der Waals surface area contributed by atoms with Crippen molar-refractivity contribution in [2.75, 3.05) is 12.3 Å². The molecule has 1 aromatic carbocycles. The molecule has 3 amide bonds. The predicted molar refractivity (Wildman–Crippen MR) is 92.1 cm³/mol. The topological polar surface area (TPSA) is 99.8 Å². The standard InChI is InChI=1S/C14H16BrN5O2S/c1-2-7-16-13(22)17-11(21)8-23-14-18-12(19-20-14)9-5-3-4-6-10(9)15/h3-6H,2,7-8H2,1H3,(H,18,19,20)(H2,16,17,21,22). The number of carbonyl (C=O) groups excluding carboxylic acids is 2. The van der Waals surface area contributed by atoms with Crippen molar-refractivity contribution in [2.45, 2.75) is 18.5 Å². The Morgan fingerprint density at radius 2 is 2.13 bits per heavy atom. The number of halogens is 1. The van der Waals surface area contributed by atoms with Crippen LogP contribution in [-0.2, 0) is 4.79 Å². The second kappa shape index (κ2) is 8.68. The minimum atomic E-state index is -0.485. The van der Waals surface area contributed by atoms with Crippen LogP contribution in [-0.4, -0.2) is 39.4 Å². The first-order valence-electron chi connectivity index (χ1n) is 6.98. The Labute approximate surface area is 146 Å². The molecule has 0 atom stereocenters. The molecule has 23 heavy (non-hydrogen) atoms. The summed E-state index contributed by atoms with van der Waals surface area (Å²) in [5, 5.41) is 12.2. The molecule has 0 aliphatic rings. The molecular formula is C14H16BrN5O2S. The number of nitrogens with one attached hydrogen (secondary N) is 3. The molecule has 0 fully saturated rings. The van der Waals surface area contributed by atoms with Gasteiger partial charge in [0.05, 0.1) is 5.75 Å². The van der Waals surface area contributed by atoms with Crippen molar-refractivity contribution in [1.82, 2.24) is 25.8 Å². The molecule has 7 nitrogen and oxygen atoms in total. The molecule has 1 aromatic heterocycles. The number of nitrogens with zero attached hydrogens (tertiary/aromatic N) is 2. The SMILES string of the molecule is CCCNC(=O)NC(=O)CSc1n[nH]c(-c2ccccc2Br)n1. The molecule has 0 saturated carbocycles. The van der Waals surface area contributed by atoms with Gasteiger partial charge in [-0.05, 0) is 12.5 Å². The molecule has 0 aliphatic carbocycles. The van der Waals surface area contributed by atoms with Gasteiger partial charge in [0, 0.05) is 16.6 Å². The summed E-state index contributed by atoms with van der Waals surface area (Å²) in [7, 11) is 0. The number of carbonyl (C=O) groups is 2. The molecule has 0 unspecified atom stereocenters. The Morgan fingerprint density at radius 3 is 2.87 bits per heavy atom. The largest absolute Gasteiger partial charge is 0.338 e. The monoisotopic (exact) mass is 397 g/mol. The maximum absolute atomic E-state index is 11.7. The maximum Gasteiger partial charge on any atom is 0.321 e. The highest BCUT2D eigenvalue weighted by Crippen LogP contribution is 2.26. The van der Waals surface area contributed by atoms with Crippen LogP contribution in [0.4, 0.5) is 4.79 Å². The van der Waals surface area contributed by atoms with Crippen LogP contribution in [0.3, 0.4) is 0 Å². The minimum Gasteiger partial charge on any atom is -0.338 e. The summed E-state index contributed by atoms with van der Waals surface area (Å²) < 4.78 is 0.901. The first-order chi connectivity index (χ1) is 11.1. The highest BCUT2D eigenvalue weighted by molar-refractivity contribution is 9.10. The number of urea groups is 1. The fraction of sp³-hybridized carbons (Fsp3) is 0.286. The van der Waals surface area contributed by atoms with E-state index in [-0.39, 0.29) is 5.75 Å². The van der Waals surface area contributed by atoms with Crippen LogP contribution < -0.4 is 10.6 Å². The van der Waals surface area contributed by atoms with Gasteiger partial charge < -0.3 is 5.32 Å². The normalized spacial score (nSPS) is 10.3. The second-order valence-corrected chi connectivity index (χ2v) is 6.34. The first kappa shape index (κ1) is 17.5. The summed E-state index contributed by atoms with van der Waals surface area (Å²) in [6, 6.07) is 7.14. The molecule has 2 aromatic rings. The Kier molecular flexibility index (Phi) is 6.60. The molecule has 122 valence electrons. The van der Waals surface area contributed by atoms with Gasteiger partial charge in [-0.25, -0.2) is 9.78 Å². The fourth-order valence-corrected chi connectivity index (χ4v) is 2.73. The van der Waals surface area contributed by atoms with Gasteiger partial charge in [-0.2, -0.15) is 0 Å². The van der Waals surface area contributed by atoms with E-state index in [1.165, 1.54) is 0 Å². The summed E-state index contributed by atoms with van der Waals surface area (Å²) in [4.78, 5) is 27.3. The van der Waals surface area contributed by atoms with E-state index >= 15 is 0 Å². The third-order valence-electron chi connectivity index (χ3n) is 2.71. The quantitative estimate of drug-likeness (QED) is 0.650. The first-order valence-corrected chi connectivity index (χ1v) is 8.75. The molecular weight excluding hydrogens is 382 g/mol. The Balaban J connectivity index is 1.87. The fourth-order valence-electron chi connectivity index (χ4n) is 1.66. The lowest BCUT2D eigenvalue weighted by Crippen LogP contribution is -2.40. The number of imide groups is 1. The van der Waals surface area contributed by atoms with Crippen molar-refractivity contribution >= 4 is 39.6 Å². The summed E-state index contributed by atoms with van der Waals surface area (Å²) in [6.45, 7) is 2.46. The van der Waals surface area contributed by atoms with Crippen molar-refractivity contribution in [3.8, 4) is 11.4 Å². The number of rotatable bonds is 6. The highest BCUT2D eigenvalue weighted by atomic mass is 79.9. The Bertz CT molecular complexity index is 691. The van der Waals surface area contributed by atoms with E-state index in [9.17, 15) is 9.59 Å². The van der Waals surface area contributed by atoms with Crippen molar-refractivity contribution in [1.29, 1.82) is 0 Å². The van der Waals surface area contributed by atoms with Gasteiger partial charge in [0.25, 0.3) is 0 Å². The van der Waals surface area contributed by atoms with E-state index in [2.05, 4.69) is 41.7 Å². The summed E-state index contributed by atoms with van der Waals surface area (Å²) >= 11 is 4.60. The summed E-state index contributed by atoms with van der Waals surface area (Å²) in [5.41, 5.74) is 0.884. The molecule has 1 heterocycles. The Morgan fingerprint density at radius 1 is 1.35 bits per heavy atom. The number of thioether (sulfide) groups is 1. The number of aromatic nitrogens is 3. The average Bonchev–Trinajstić information content (AvgIpc) is 3.00. The van der Waals surface area contributed by atoms with Crippen LogP contribution in [0.25, 0.3) is 11.4 Å². The van der Waals surface area contributed by atoms with Crippen molar-refractivity contribution in [2.24, 2.45) is 0 Å². The number of hydrogen-bond donors (Lipinski definition) is 3.